The summed E-state index contributed by atoms with van der Waals surface area (Å²) in [6.07, 6.45) is 4.44. The summed E-state index contributed by atoms with van der Waals surface area (Å²) >= 11 is 0. The Morgan fingerprint density at radius 3 is 2.80 bits per heavy atom. The number of hydrogen-bond acceptors (Lipinski definition) is 1. The smallest absolute Gasteiger partial charge is 0.00172 e. The first kappa shape index (κ1) is 6.66. The van der Waals surface area contributed by atoms with E-state index in [0.29, 0.717) is 0 Å². The first-order valence-electron chi connectivity index (χ1n) is 4.57. The molecule has 3 atom stereocenters. The van der Waals surface area contributed by atoms with E-state index in [9.17, 15) is 0 Å². The molecule has 1 nitrogen and oxygen atoms in total. The lowest BCUT2D eigenvalue weighted by Gasteiger charge is -2.28. The van der Waals surface area contributed by atoms with Crippen LogP contribution in [0.5, 0.6) is 0 Å². The molecule has 0 aromatic rings. The highest BCUT2D eigenvalue weighted by molar-refractivity contribution is 4.86. The monoisotopic (exact) mass is 139 g/mol. The molecule has 2 fully saturated rings. The van der Waals surface area contributed by atoms with Gasteiger partial charge in [0.2, 0.25) is 0 Å². The molecule has 0 radical (unpaired) electrons. The molecule has 58 valence electrons. The molecule has 0 bridgehead atoms. The number of nitrogens with one attached hydrogen (secondary N) is 1. The highest BCUT2D eigenvalue weighted by Gasteiger charge is 2.31. The van der Waals surface area contributed by atoms with E-state index in [1.807, 2.05) is 0 Å². The Bertz CT molecular complexity index is 122. The van der Waals surface area contributed by atoms with Gasteiger partial charge in [-0.1, -0.05) is 13.3 Å². The molecule has 1 saturated carbocycles. The van der Waals surface area contributed by atoms with Gasteiger partial charge in [-0.25, -0.2) is 0 Å². The van der Waals surface area contributed by atoms with Crippen LogP contribution >= 0.6 is 0 Å². The second-order valence-electron chi connectivity index (χ2n) is 4.10. The van der Waals surface area contributed by atoms with Gasteiger partial charge >= 0.3 is 0 Å². The zero-order valence-corrected chi connectivity index (χ0v) is 6.77. The largest absolute Gasteiger partial charge is 0.316 e. The van der Waals surface area contributed by atoms with Crippen LogP contribution in [0.25, 0.3) is 0 Å². The van der Waals surface area contributed by atoms with Crippen LogP contribution in [-0.2, 0) is 0 Å². The summed E-state index contributed by atoms with van der Waals surface area (Å²) in [6, 6.07) is 0. The molecule has 10 heavy (non-hydrogen) atoms. The lowest BCUT2D eigenvalue weighted by Crippen LogP contribution is -2.21. The van der Waals surface area contributed by atoms with Crippen LogP contribution < -0.4 is 5.32 Å². The number of rotatable bonds is 0. The van der Waals surface area contributed by atoms with Crippen LogP contribution in [0.15, 0.2) is 0 Å². The first-order valence-corrected chi connectivity index (χ1v) is 4.57. The molecular formula is C9H17N. The maximum atomic E-state index is 3.48. The highest BCUT2D eigenvalue weighted by Crippen LogP contribution is 2.35. The van der Waals surface area contributed by atoms with Crippen molar-refractivity contribution in [3.05, 3.63) is 0 Å². The summed E-state index contributed by atoms with van der Waals surface area (Å²) in [4.78, 5) is 0. The van der Waals surface area contributed by atoms with Crippen molar-refractivity contribution in [1.82, 2.24) is 5.32 Å². The molecule has 2 unspecified atom stereocenters. The van der Waals surface area contributed by atoms with Crippen molar-refractivity contribution < 1.29 is 0 Å². The number of hydrogen-bond donors (Lipinski definition) is 1. The Balaban J connectivity index is 1.96. The second-order valence-corrected chi connectivity index (χ2v) is 4.10. The molecule has 0 spiro atoms. The molecule has 1 heteroatoms. The lowest BCUT2D eigenvalue weighted by atomic mass is 9.77. The van der Waals surface area contributed by atoms with Crippen molar-refractivity contribution >= 4 is 0 Å². The van der Waals surface area contributed by atoms with E-state index < -0.39 is 0 Å². The minimum absolute atomic E-state index is 1.00. The van der Waals surface area contributed by atoms with Crippen molar-refractivity contribution in [3.63, 3.8) is 0 Å². The molecule has 2 rings (SSSR count). The molecule has 1 aliphatic carbocycles. The maximum absolute atomic E-state index is 3.48. The van der Waals surface area contributed by atoms with Crippen LogP contribution in [-0.4, -0.2) is 13.1 Å². The Labute approximate surface area is 63.2 Å². The third kappa shape index (κ3) is 1.07. The Morgan fingerprint density at radius 1 is 1.10 bits per heavy atom. The van der Waals surface area contributed by atoms with Crippen molar-refractivity contribution in [2.75, 3.05) is 13.1 Å². The fourth-order valence-electron chi connectivity index (χ4n) is 2.53. The van der Waals surface area contributed by atoms with Crippen LogP contribution in [0.4, 0.5) is 0 Å². The van der Waals surface area contributed by atoms with Gasteiger partial charge in [-0.05, 0) is 43.7 Å². The average Bonchev–Trinajstić information content (AvgIpc) is 2.33. The summed E-state index contributed by atoms with van der Waals surface area (Å²) < 4.78 is 0. The van der Waals surface area contributed by atoms with E-state index in [0.717, 1.165) is 17.8 Å². The molecule has 1 heterocycles. The quantitative estimate of drug-likeness (QED) is 0.538. The summed E-state index contributed by atoms with van der Waals surface area (Å²) in [5.74, 6) is 3.07. The van der Waals surface area contributed by atoms with Gasteiger partial charge in [0.15, 0.2) is 0 Å². The zero-order chi connectivity index (χ0) is 6.97. The van der Waals surface area contributed by atoms with Gasteiger partial charge in [-0.15, -0.1) is 0 Å². The van der Waals surface area contributed by atoms with E-state index in [-0.39, 0.29) is 0 Å². The van der Waals surface area contributed by atoms with E-state index in [4.69, 9.17) is 0 Å². The Morgan fingerprint density at radius 2 is 1.90 bits per heavy atom. The molecule has 0 amide bonds. The summed E-state index contributed by atoms with van der Waals surface area (Å²) in [5.41, 5.74) is 0. The normalized spacial score (nSPS) is 47.1. The fraction of sp³-hybridized carbons (Fsp3) is 1.00. The minimum Gasteiger partial charge on any atom is -0.316 e. The third-order valence-corrected chi connectivity index (χ3v) is 3.22. The van der Waals surface area contributed by atoms with E-state index in [1.54, 1.807) is 0 Å². The Kier molecular flexibility index (Phi) is 1.69. The predicted molar refractivity (Wildman–Crippen MR) is 42.9 cm³/mol. The Hall–Kier alpha value is -0.0400. The van der Waals surface area contributed by atoms with Gasteiger partial charge < -0.3 is 5.32 Å². The molecule has 2 aliphatic rings. The second kappa shape index (κ2) is 2.54. The van der Waals surface area contributed by atoms with Crippen LogP contribution in [0.1, 0.15) is 26.2 Å². The standard InChI is InChI=1S/C9H17N/c1-7-2-3-8-5-10-6-9(8)4-7/h7-10H,2-6H2,1H3/t7-,8?,9?/m0/s1. The first-order chi connectivity index (χ1) is 4.86. The molecule has 1 saturated heterocycles. The topological polar surface area (TPSA) is 12.0 Å². The van der Waals surface area contributed by atoms with Crippen LogP contribution in [0, 0.1) is 17.8 Å². The van der Waals surface area contributed by atoms with Gasteiger partial charge in [-0.3, -0.25) is 0 Å². The zero-order valence-electron chi connectivity index (χ0n) is 6.77. The molecule has 0 aromatic heterocycles. The van der Waals surface area contributed by atoms with Gasteiger partial charge in [0.1, 0.15) is 0 Å². The molecule has 1 aliphatic heterocycles. The average molecular weight is 139 g/mol. The number of fused-ring (bicyclic) bond motifs is 1. The fourth-order valence-corrected chi connectivity index (χ4v) is 2.53. The van der Waals surface area contributed by atoms with Gasteiger partial charge in [0, 0.05) is 0 Å². The van der Waals surface area contributed by atoms with Crippen LogP contribution in [0.3, 0.4) is 0 Å². The molecule has 0 aromatic carbocycles. The van der Waals surface area contributed by atoms with Gasteiger partial charge in [0.05, 0.1) is 0 Å². The van der Waals surface area contributed by atoms with E-state index in [1.165, 1.54) is 32.4 Å². The third-order valence-electron chi connectivity index (χ3n) is 3.22. The van der Waals surface area contributed by atoms with Gasteiger partial charge in [0.25, 0.3) is 0 Å². The van der Waals surface area contributed by atoms with E-state index >= 15 is 0 Å². The van der Waals surface area contributed by atoms with Crippen molar-refractivity contribution in [3.8, 4) is 0 Å². The summed E-state index contributed by atoms with van der Waals surface area (Å²) in [6.45, 7) is 5.00. The van der Waals surface area contributed by atoms with Crippen LogP contribution in [0.2, 0.25) is 0 Å². The maximum Gasteiger partial charge on any atom is -0.00172 e. The minimum atomic E-state index is 1.00. The summed E-state index contributed by atoms with van der Waals surface area (Å²) in [5, 5.41) is 3.48. The summed E-state index contributed by atoms with van der Waals surface area (Å²) in [7, 11) is 0. The van der Waals surface area contributed by atoms with Crippen molar-refractivity contribution in [2.45, 2.75) is 26.2 Å². The predicted octanol–water partition coefficient (Wildman–Crippen LogP) is 1.64. The SMILES string of the molecule is C[C@H]1CCC2CNCC2C1. The van der Waals surface area contributed by atoms with E-state index in [2.05, 4.69) is 12.2 Å². The lowest BCUT2D eigenvalue weighted by molar-refractivity contribution is 0.238. The van der Waals surface area contributed by atoms with Gasteiger partial charge in [-0.2, -0.15) is 0 Å². The molecular weight excluding hydrogens is 122 g/mol. The van der Waals surface area contributed by atoms with Crippen molar-refractivity contribution in [2.24, 2.45) is 17.8 Å². The molecule has 1 N–H and O–H groups in total. The highest BCUT2D eigenvalue weighted by atomic mass is 14.9. The van der Waals surface area contributed by atoms with Crippen molar-refractivity contribution in [1.29, 1.82) is 0 Å².